The van der Waals surface area contributed by atoms with Crippen LogP contribution >= 0.6 is 11.6 Å². The van der Waals surface area contributed by atoms with Crippen molar-refractivity contribution in [3.63, 3.8) is 0 Å². The van der Waals surface area contributed by atoms with E-state index in [9.17, 15) is 0 Å². The molecule has 0 aromatic heterocycles. The summed E-state index contributed by atoms with van der Waals surface area (Å²) in [5.41, 5.74) is 2.04. The van der Waals surface area contributed by atoms with Gasteiger partial charge in [-0.1, -0.05) is 35.9 Å². The third kappa shape index (κ3) is 3.47. The van der Waals surface area contributed by atoms with Gasteiger partial charge in [0.25, 0.3) is 0 Å². The Morgan fingerprint density at radius 3 is 2.86 bits per heavy atom. The van der Waals surface area contributed by atoms with Crippen molar-refractivity contribution in [3.05, 3.63) is 59.1 Å². The highest BCUT2D eigenvalue weighted by atomic mass is 35.5. The van der Waals surface area contributed by atoms with E-state index in [1.807, 2.05) is 48.5 Å². The van der Waals surface area contributed by atoms with Crippen LogP contribution in [0.15, 0.2) is 53.5 Å². The Balaban J connectivity index is 1.48. The predicted molar refractivity (Wildman–Crippen MR) is 86.2 cm³/mol. The first-order chi connectivity index (χ1) is 10.3. The third-order valence-electron chi connectivity index (χ3n) is 3.17. The van der Waals surface area contributed by atoms with Gasteiger partial charge in [0.15, 0.2) is 5.96 Å². The minimum Gasteiger partial charge on any atom is -0.492 e. The zero-order valence-corrected chi connectivity index (χ0v) is 12.2. The average molecular weight is 302 g/mol. The Morgan fingerprint density at radius 2 is 2.00 bits per heavy atom. The predicted octanol–water partition coefficient (Wildman–Crippen LogP) is 3.29. The van der Waals surface area contributed by atoms with E-state index in [4.69, 9.17) is 16.3 Å². The number of benzene rings is 2. The van der Waals surface area contributed by atoms with Crippen molar-refractivity contribution in [1.29, 1.82) is 0 Å². The molecule has 1 aliphatic heterocycles. The summed E-state index contributed by atoms with van der Waals surface area (Å²) in [5.74, 6) is 1.62. The highest BCUT2D eigenvalue weighted by molar-refractivity contribution is 6.32. The van der Waals surface area contributed by atoms with Crippen LogP contribution in [0.4, 0.5) is 5.69 Å². The molecule has 2 aromatic carbocycles. The second-order valence-corrected chi connectivity index (χ2v) is 5.05. The van der Waals surface area contributed by atoms with Crippen molar-refractivity contribution in [2.24, 2.45) is 4.99 Å². The highest BCUT2D eigenvalue weighted by Gasteiger charge is 2.13. The number of anilines is 1. The number of ether oxygens (including phenoxy) is 1. The number of rotatable bonds is 4. The van der Waals surface area contributed by atoms with Gasteiger partial charge < -0.3 is 15.4 Å². The molecule has 0 saturated carbocycles. The topological polar surface area (TPSA) is 45.7 Å². The maximum absolute atomic E-state index is 6.13. The fourth-order valence-corrected chi connectivity index (χ4v) is 2.35. The molecule has 1 aliphatic rings. The summed E-state index contributed by atoms with van der Waals surface area (Å²) in [7, 11) is 0. The zero-order chi connectivity index (χ0) is 14.5. The van der Waals surface area contributed by atoms with Crippen LogP contribution < -0.4 is 15.4 Å². The van der Waals surface area contributed by atoms with Crippen LogP contribution in [0.1, 0.15) is 5.56 Å². The molecule has 3 rings (SSSR count). The van der Waals surface area contributed by atoms with Crippen LogP contribution in [0.3, 0.4) is 0 Å². The third-order valence-corrected chi connectivity index (χ3v) is 3.53. The lowest BCUT2D eigenvalue weighted by Gasteiger charge is -2.20. The van der Waals surface area contributed by atoms with Gasteiger partial charge in [-0.05, 0) is 24.3 Å². The normalized spacial score (nSPS) is 12.9. The first-order valence-electron chi connectivity index (χ1n) is 6.83. The van der Waals surface area contributed by atoms with Crippen molar-refractivity contribution in [2.45, 2.75) is 6.54 Å². The number of halogens is 1. The molecular weight excluding hydrogens is 286 g/mol. The molecule has 2 N–H and O–H groups in total. The molecule has 0 aliphatic carbocycles. The number of hydrogen-bond donors (Lipinski definition) is 2. The van der Waals surface area contributed by atoms with Crippen LogP contribution in [0, 0.1) is 0 Å². The maximum atomic E-state index is 6.13. The van der Waals surface area contributed by atoms with Crippen LogP contribution in [0.25, 0.3) is 0 Å². The van der Waals surface area contributed by atoms with Crippen molar-refractivity contribution in [2.75, 3.05) is 18.5 Å². The fraction of sp³-hybridized carbons (Fsp3) is 0.188. The van der Waals surface area contributed by atoms with E-state index in [0.717, 1.165) is 28.0 Å². The molecule has 0 saturated heterocycles. The molecule has 5 heteroatoms. The summed E-state index contributed by atoms with van der Waals surface area (Å²) in [6.07, 6.45) is 0. The molecule has 4 nitrogen and oxygen atoms in total. The quantitative estimate of drug-likeness (QED) is 0.852. The first-order valence-corrected chi connectivity index (χ1v) is 7.21. The fourth-order valence-electron chi connectivity index (χ4n) is 2.12. The summed E-state index contributed by atoms with van der Waals surface area (Å²) in [4.78, 5) is 4.43. The first kappa shape index (κ1) is 13.8. The van der Waals surface area contributed by atoms with Crippen molar-refractivity contribution in [1.82, 2.24) is 5.32 Å². The van der Waals surface area contributed by atoms with E-state index in [2.05, 4.69) is 15.6 Å². The molecule has 0 amide bonds. The minimum atomic E-state index is 0.577. The van der Waals surface area contributed by atoms with Crippen molar-refractivity contribution < 1.29 is 4.74 Å². The van der Waals surface area contributed by atoms with Gasteiger partial charge in [-0.15, -0.1) is 0 Å². The molecular formula is C16H16ClN3O. The largest absolute Gasteiger partial charge is 0.492 e. The van der Waals surface area contributed by atoms with E-state index < -0.39 is 0 Å². The number of nitrogens with zero attached hydrogens (tertiary/aromatic N) is 1. The number of hydrogen-bond acceptors (Lipinski definition) is 4. The van der Waals surface area contributed by atoms with Gasteiger partial charge in [0.05, 0.1) is 13.1 Å². The summed E-state index contributed by atoms with van der Waals surface area (Å²) in [5, 5.41) is 7.20. The average Bonchev–Trinajstić information content (AvgIpc) is 2.53. The van der Waals surface area contributed by atoms with Gasteiger partial charge in [-0.2, -0.15) is 0 Å². The monoisotopic (exact) mass is 301 g/mol. The number of guanidine groups is 1. The second-order valence-electron chi connectivity index (χ2n) is 4.64. The lowest BCUT2D eigenvalue weighted by molar-refractivity contribution is 0.322. The molecule has 0 atom stereocenters. The van der Waals surface area contributed by atoms with Gasteiger partial charge in [0, 0.05) is 16.3 Å². The summed E-state index contributed by atoms with van der Waals surface area (Å²) in [6.45, 7) is 1.84. The summed E-state index contributed by atoms with van der Waals surface area (Å²) in [6, 6.07) is 15.6. The summed E-state index contributed by atoms with van der Waals surface area (Å²) < 4.78 is 5.62. The summed E-state index contributed by atoms with van der Waals surface area (Å²) >= 11 is 6.13. The molecule has 2 aromatic rings. The second kappa shape index (κ2) is 6.50. The van der Waals surface area contributed by atoms with Gasteiger partial charge in [-0.25, -0.2) is 4.99 Å². The van der Waals surface area contributed by atoms with Crippen LogP contribution in [0.5, 0.6) is 5.75 Å². The number of fused-ring (bicyclic) bond motifs is 1. The van der Waals surface area contributed by atoms with E-state index in [1.54, 1.807) is 0 Å². The van der Waals surface area contributed by atoms with Gasteiger partial charge in [0.2, 0.25) is 0 Å². The molecule has 0 unspecified atom stereocenters. The van der Waals surface area contributed by atoms with Gasteiger partial charge in [-0.3, -0.25) is 0 Å². The Hall–Kier alpha value is -2.20. The lowest BCUT2D eigenvalue weighted by Crippen LogP contribution is -2.35. The molecule has 0 fully saturated rings. The molecule has 0 spiro atoms. The van der Waals surface area contributed by atoms with E-state index in [0.29, 0.717) is 19.7 Å². The Morgan fingerprint density at radius 1 is 1.14 bits per heavy atom. The Kier molecular flexibility index (Phi) is 4.26. The van der Waals surface area contributed by atoms with Crippen molar-refractivity contribution in [3.8, 4) is 5.75 Å². The standard InChI is InChI=1S/C16H16ClN3O/c17-14-7-4-8-15-13(14)11-19-16(20-15)18-9-10-21-12-5-2-1-3-6-12/h1-8H,9-11H2,(H2,18,19,20). The minimum absolute atomic E-state index is 0.577. The molecule has 108 valence electrons. The SMILES string of the molecule is Clc1cccc2c1CN=C(NCCOc1ccccc1)N2. The van der Waals surface area contributed by atoms with Crippen LogP contribution in [0.2, 0.25) is 5.02 Å². The van der Waals surface area contributed by atoms with Crippen LogP contribution in [-0.4, -0.2) is 19.1 Å². The smallest absolute Gasteiger partial charge is 0.196 e. The number of aliphatic imine (C=N–C) groups is 1. The van der Waals surface area contributed by atoms with Crippen molar-refractivity contribution >= 4 is 23.2 Å². The molecule has 0 radical (unpaired) electrons. The Labute approximate surface area is 128 Å². The van der Waals surface area contributed by atoms with Gasteiger partial charge in [0.1, 0.15) is 12.4 Å². The highest BCUT2D eigenvalue weighted by Crippen LogP contribution is 2.27. The van der Waals surface area contributed by atoms with E-state index in [1.165, 1.54) is 0 Å². The molecule has 0 bridgehead atoms. The zero-order valence-electron chi connectivity index (χ0n) is 11.5. The Bertz CT molecular complexity index is 643. The molecule has 1 heterocycles. The van der Waals surface area contributed by atoms with E-state index in [-0.39, 0.29) is 0 Å². The van der Waals surface area contributed by atoms with Gasteiger partial charge >= 0.3 is 0 Å². The number of nitrogens with one attached hydrogen (secondary N) is 2. The lowest BCUT2D eigenvalue weighted by atomic mass is 10.1. The van der Waals surface area contributed by atoms with E-state index >= 15 is 0 Å². The molecule has 21 heavy (non-hydrogen) atoms. The maximum Gasteiger partial charge on any atom is 0.196 e. The van der Waals surface area contributed by atoms with Crippen LogP contribution in [-0.2, 0) is 6.54 Å². The number of para-hydroxylation sites is 1.